The van der Waals surface area contributed by atoms with Crippen LogP contribution in [0.3, 0.4) is 0 Å². The predicted molar refractivity (Wildman–Crippen MR) is 88.3 cm³/mol. The first kappa shape index (κ1) is 16.5. The molecule has 1 amide bonds. The molecule has 2 aromatic rings. The van der Waals surface area contributed by atoms with E-state index in [2.05, 4.69) is 5.32 Å². The highest BCUT2D eigenvalue weighted by Crippen LogP contribution is 2.25. The van der Waals surface area contributed by atoms with E-state index < -0.39 is 0 Å². The van der Waals surface area contributed by atoms with Gasteiger partial charge in [0.2, 0.25) is 5.91 Å². The maximum absolute atomic E-state index is 13.2. The molecule has 1 N–H and O–H groups in total. The molecule has 24 heavy (non-hydrogen) atoms. The Kier molecular flexibility index (Phi) is 5.11. The Balaban J connectivity index is 1.87. The molecule has 5 heteroatoms. The first-order valence-corrected chi connectivity index (χ1v) is 7.95. The standard InChI is InChI=1S/C19H20FNO3/c1-23-17-8-4-14(5-9-17)18(13-2-6-16(20)7-3-13)21-19(22)15-10-11-24-12-15/h2-9,15,18H,10-12H2,1H3,(H,21,22)/t15-,18+/m1/s1. The van der Waals surface area contributed by atoms with Crippen LogP contribution in [0.1, 0.15) is 23.6 Å². The molecule has 2 aromatic carbocycles. The van der Waals surface area contributed by atoms with Crippen molar-refractivity contribution in [3.63, 3.8) is 0 Å². The first-order chi connectivity index (χ1) is 11.7. The van der Waals surface area contributed by atoms with Crippen molar-refractivity contribution in [1.29, 1.82) is 0 Å². The summed E-state index contributed by atoms with van der Waals surface area (Å²) in [4.78, 5) is 12.5. The SMILES string of the molecule is COc1ccc([C@@H](NC(=O)[C@@H]2CCOC2)c2ccc(F)cc2)cc1. The third-order valence-corrected chi connectivity index (χ3v) is 4.24. The first-order valence-electron chi connectivity index (χ1n) is 7.95. The van der Waals surface area contributed by atoms with E-state index in [1.54, 1.807) is 19.2 Å². The average molecular weight is 329 g/mol. The Morgan fingerprint density at radius 3 is 2.33 bits per heavy atom. The average Bonchev–Trinajstić information content (AvgIpc) is 3.15. The quantitative estimate of drug-likeness (QED) is 0.917. The van der Waals surface area contributed by atoms with Crippen LogP contribution in [-0.4, -0.2) is 26.2 Å². The van der Waals surface area contributed by atoms with Crippen LogP contribution in [0.25, 0.3) is 0 Å². The van der Waals surface area contributed by atoms with Gasteiger partial charge in [0.05, 0.1) is 25.7 Å². The van der Waals surface area contributed by atoms with Crippen molar-refractivity contribution in [1.82, 2.24) is 5.32 Å². The van der Waals surface area contributed by atoms with Crippen LogP contribution in [0.15, 0.2) is 48.5 Å². The molecule has 1 aliphatic heterocycles. The lowest BCUT2D eigenvalue weighted by atomic mass is 9.97. The third-order valence-electron chi connectivity index (χ3n) is 4.24. The number of carbonyl (C=O) groups excluding carboxylic acids is 1. The second-order valence-corrected chi connectivity index (χ2v) is 5.83. The van der Waals surface area contributed by atoms with Gasteiger partial charge in [-0.15, -0.1) is 0 Å². The third kappa shape index (κ3) is 3.74. The molecule has 0 aliphatic carbocycles. The highest BCUT2D eigenvalue weighted by molar-refractivity contribution is 5.80. The van der Waals surface area contributed by atoms with Gasteiger partial charge < -0.3 is 14.8 Å². The topological polar surface area (TPSA) is 47.6 Å². The van der Waals surface area contributed by atoms with Crippen LogP contribution < -0.4 is 10.1 Å². The number of amides is 1. The lowest BCUT2D eigenvalue weighted by Gasteiger charge is -2.22. The number of ether oxygens (including phenoxy) is 2. The van der Waals surface area contributed by atoms with Crippen LogP contribution in [0.5, 0.6) is 5.75 Å². The van der Waals surface area contributed by atoms with Crippen molar-refractivity contribution >= 4 is 5.91 Å². The fourth-order valence-electron chi connectivity index (χ4n) is 2.81. The maximum atomic E-state index is 13.2. The van der Waals surface area contributed by atoms with Gasteiger partial charge in [-0.1, -0.05) is 24.3 Å². The predicted octanol–water partition coefficient (Wildman–Crippen LogP) is 3.08. The summed E-state index contributed by atoms with van der Waals surface area (Å²) in [5.41, 5.74) is 1.74. The van der Waals surface area contributed by atoms with Crippen molar-refractivity contribution in [3.8, 4) is 5.75 Å². The molecule has 0 bridgehead atoms. The van der Waals surface area contributed by atoms with Gasteiger partial charge in [-0.05, 0) is 41.8 Å². The van der Waals surface area contributed by atoms with Crippen LogP contribution in [-0.2, 0) is 9.53 Å². The summed E-state index contributed by atoms with van der Waals surface area (Å²) >= 11 is 0. The number of rotatable bonds is 5. The fourth-order valence-corrected chi connectivity index (χ4v) is 2.81. The molecule has 4 nitrogen and oxygen atoms in total. The van der Waals surface area contributed by atoms with Gasteiger partial charge in [0.1, 0.15) is 11.6 Å². The number of hydrogen-bond donors (Lipinski definition) is 1. The van der Waals surface area contributed by atoms with E-state index in [0.29, 0.717) is 13.2 Å². The molecule has 1 heterocycles. The molecule has 3 rings (SSSR count). The minimum Gasteiger partial charge on any atom is -0.497 e. The van der Waals surface area contributed by atoms with Gasteiger partial charge in [0.15, 0.2) is 0 Å². The summed E-state index contributed by atoms with van der Waals surface area (Å²) in [6.07, 6.45) is 0.727. The van der Waals surface area contributed by atoms with Gasteiger partial charge in [-0.2, -0.15) is 0 Å². The van der Waals surface area contributed by atoms with E-state index in [1.807, 2.05) is 24.3 Å². The molecule has 1 fully saturated rings. The zero-order chi connectivity index (χ0) is 16.9. The Morgan fingerprint density at radius 2 is 1.79 bits per heavy atom. The summed E-state index contributed by atoms with van der Waals surface area (Å²) in [5.74, 6) is 0.263. The highest BCUT2D eigenvalue weighted by Gasteiger charge is 2.26. The minimum atomic E-state index is -0.343. The number of benzene rings is 2. The molecule has 1 saturated heterocycles. The van der Waals surface area contributed by atoms with Gasteiger partial charge in [0, 0.05) is 6.61 Å². The van der Waals surface area contributed by atoms with E-state index >= 15 is 0 Å². The molecule has 0 saturated carbocycles. The monoisotopic (exact) mass is 329 g/mol. The number of methoxy groups -OCH3 is 1. The van der Waals surface area contributed by atoms with E-state index in [0.717, 1.165) is 23.3 Å². The zero-order valence-electron chi connectivity index (χ0n) is 13.5. The molecular formula is C19H20FNO3. The normalized spacial score (nSPS) is 18.2. The number of halogens is 1. The van der Waals surface area contributed by atoms with Crippen molar-refractivity contribution in [2.75, 3.05) is 20.3 Å². The van der Waals surface area contributed by atoms with Crippen LogP contribution in [0.2, 0.25) is 0 Å². The number of carbonyl (C=O) groups is 1. The fraction of sp³-hybridized carbons (Fsp3) is 0.316. The second kappa shape index (κ2) is 7.45. The van der Waals surface area contributed by atoms with Crippen LogP contribution in [0.4, 0.5) is 4.39 Å². The van der Waals surface area contributed by atoms with E-state index in [-0.39, 0.29) is 23.7 Å². The van der Waals surface area contributed by atoms with Crippen molar-refractivity contribution in [2.45, 2.75) is 12.5 Å². The van der Waals surface area contributed by atoms with Gasteiger partial charge in [0.25, 0.3) is 0 Å². The van der Waals surface area contributed by atoms with Crippen molar-refractivity contribution in [2.24, 2.45) is 5.92 Å². The lowest BCUT2D eigenvalue weighted by Crippen LogP contribution is -2.34. The number of hydrogen-bond acceptors (Lipinski definition) is 3. The zero-order valence-corrected chi connectivity index (χ0v) is 13.5. The molecule has 1 aliphatic rings. The molecule has 0 spiro atoms. The Hall–Kier alpha value is -2.40. The van der Waals surface area contributed by atoms with Crippen LogP contribution >= 0.6 is 0 Å². The Bertz CT molecular complexity index is 679. The summed E-state index contributed by atoms with van der Waals surface area (Å²) < 4.78 is 23.7. The van der Waals surface area contributed by atoms with E-state index in [4.69, 9.17) is 9.47 Å². The summed E-state index contributed by atoms with van der Waals surface area (Å²) in [5, 5.41) is 3.07. The van der Waals surface area contributed by atoms with Gasteiger partial charge in [-0.25, -0.2) is 4.39 Å². The number of nitrogens with one attached hydrogen (secondary N) is 1. The molecule has 0 unspecified atom stereocenters. The smallest absolute Gasteiger partial charge is 0.226 e. The molecular weight excluding hydrogens is 309 g/mol. The Morgan fingerprint density at radius 1 is 1.17 bits per heavy atom. The lowest BCUT2D eigenvalue weighted by molar-refractivity contribution is -0.125. The molecule has 2 atom stereocenters. The molecule has 0 radical (unpaired) electrons. The Labute approximate surface area is 140 Å². The van der Waals surface area contributed by atoms with Crippen LogP contribution in [0, 0.1) is 11.7 Å². The van der Waals surface area contributed by atoms with Crippen molar-refractivity contribution in [3.05, 3.63) is 65.5 Å². The maximum Gasteiger partial charge on any atom is 0.226 e. The van der Waals surface area contributed by atoms with Gasteiger partial charge >= 0.3 is 0 Å². The largest absolute Gasteiger partial charge is 0.497 e. The molecule has 0 aromatic heterocycles. The summed E-state index contributed by atoms with van der Waals surface area (Å²) in [7, 11) is 1.61. The van der Waals surface area contributed by atoms with Gasteiger partial charge in [-0.3, -0.25) is 4.79 Å². The highest BCUT2D eigenvalue weighted by atomic mass is 19.1. The van der Waals surface area contributed by atoms with E-state index in [9.17, 15) is 9.18 Å². The second-order valence-electron chi connectivity index (χ2n) is 5.83. The van der Waals surface area contributed by atoms with Crippen molar-refractivity contribution < 1.29 is 18.7 Å². The minimum absolute atomic E-state index is 0.0438. The summed E-state index contributed by atoms with van der Waals surface area (Å²) in [6, 6.07) is 13.3. The molecule has 126 valence electrons. The van der Waals surface area contributed by atoms with E-state index in [1.165, 1.54) is 12.1 Å². The summed E-state index contributed by atoms with van der Waals surface area (Å²) in [6.45, 7) is 1.06.